The summed E-state index contributed by atoms with van der Waals surface area (Å²) < 4.78 is 32.8. The molecule has 1 aromatic heterocycles. The summed E-state index contributed by atoms with van der Waals surface area (Å²) in [5, 5.41) is 4.07. The molecular formula is C26H32N4O4S. The largest absolute Gasteiger partial charge is 0.337 e. The van der Waals surface area contributed by atoms with E-state index in [4.69, 9.17) is 4.52 Å². The van der Waals surface area contributed by atoms with Crippen LogP contribution in [0.15, 0.2) is 64.0 Å². The Balaban J connectivity index is 1.40. The highest BCUT2D eigenvalue weighted by Crippen LogP contribution is 2.27. The molecule has 2 heterocycles. The highest BCUT2D eigenvalue weighted by atomic mass is 32.2. The highest BCUT2D eigenvalue weighted by molar-refractivity contribution is 7.89. The predicted molar refractivity (Wildman–Crippen MR) is 133 cm³/mol. The fourth-order valence-corrected chi connectivity index (χ4v) is 5.80. The molecule has 0 spiro atoms. The van der Waals surface area contributed by atoms with Gasteiger partial charge in [0.25, 0.3) is 0 Å². The molecule has 1 aliphatic heterocycles. The van der Waals surface area contributed by atoms with Crippen molar-refractivity contribution in [1.29, 1.82) is 0 Å². The molecule has 1 saturated heterocycles. The van der Waals surface area contributed by atoms with Gasteiger partial charge in [0.05, 0.1) is 17.4 Å². The fraction of sp³-hybridized carbons (Fsp3) is 0.423. The first-order valence-corrected chi connectivity index (χ1v) is 13.2. The van der Waals surface area contributed by atoms with Gasteiger partial charge in [0, 0.05) is 25.7 Å². The molecule has 9 heteroatoms. The van der Waals surface area contributed by atoms with Crippen LogP contribution in [0.4, 0.5) is 0 Å². The van der Waals surface area contributed by atoms with Crippen LogP contribution in [0.5, 0.6) is 0 Å². The van der Waals surface area contributed by atoms with E-state index < -0.39 is 15.9 Å². The van der Waals surface area contributed by atoms with Crippen molar-refractivity contribution in [2.75, 3.05) is 20.1 Å². The van der Waals surface area contributed by atoms with E-state index >= 15 is 0 Å². The van der Waals surface area contributed by atoms with Crippen molar-refractivity contribution in [3.05, 3.63) is 66.1 Å². The smallest absolute Gasteiger partial charge is 0.246 e. The maximum atomic E-state index is 13.1. The van der Waals surface area contributed by atoms with Gasteiger partial charge >= 0.3 is 0 Å². The van der Waals surface area contributed by atoms with E-state index in [0.29, 0.717) is 31.1 Å². The second kappa shape index (κ2) is 9.91. The van der Waals surface area contributed by atoms with Crippen LogP contribution in [0.2, 0.25) is 0 Å². The maximum absolute atomic E-state index is 13.1. The van der Waals surface area contributed by atoms with Crippen molar-refractivity contribution in [3.8, 4) is 11.4 Å². The molecule has 0 unspecified atom stereocenters. The molecule has 1 amide bonds. The van der Waals surface area contributed by atoms with Gasteiger partial charge in [-0.05, 0) is 36.0 Å². The van der Waals surface area contributed by atoms with Crippen molar-refractivity contribution in [2.45, 2.75) is 50.5 Å². The Bertz CT molecular complexity index is 1260. The van der Waals surface area contributed by atoms with Crippen LogP contribution in [0, 0.1) is 5.92 Å². The Morgan fingerprint density at radius 3 is 2.46 bits per heavy atom. The highest BCUT2D eigenvalue weighted by Gasteiger charge is 2.34. The van der Waals surface area contributed by atoms with Crippen LogP contribution in [-0.4, -0.2) is 53.8 Å². The number of nitrogens with zero attached hydrogens (tertiary/aromatic N) is 4. The van der Waals surface area contributed by atoms with Crippen LogP contribution in [0.3, 0.4) is 0 Å². The molecule has 0 N–H and O–H groups in total. The molecular weight excluding hydrogens is 464 g/mol. The number of aromatic nitrogens is 2. The van der Waals surface area contributed by atoms with Gasteiger partial charge in [-0.25, -0.2) is 8.42 Å². The van der Waals surface area contributed by atoms with E-state index in [1.54, 1.807) is 37.4 Å². The fourth-order valence-electron chi connectivity index (χ4n) is 4.25. The molecule has 0 bridgehead atoms. The van der Waals surface area contributed by atoms with Gasteiger partial charge < -0.3 is 9.42 Å². The van der Waals surface area contributed by atoms with E-state index in [0.717, 1.165) is 5.56 Å². The molecule has 8 nitrogen and oxygen atoms in total. The summed E-state index contributed by atoms with van der Waals surface area (Å²) in [7, 11) is -1.96. The average molecular weight is 497 g/mol. The van der Waals surface area contributed by atoms with Crippen molar-refractivity contribution >= 4 is 15.9 Å². The third kappa shape index (κ3) is 5.62. The molecule has 4 rings (SSSR count). The van der Waals surface area contributed by atoms with E-state index in [1.165, 1.54) is 14.8 Å². The third-order valence-corrected chi connectivity index (χ3v) is 8.22. The zero-order chi connectivity index (χ0) is 25.2. The van der Waals surface area contributed by atoms with Crippen molar-refractivity contribution in [2.24, 2.45) is 5.92 Å². The summed E-state index contributed by atoms with van der Waals surface area (Å²) in [5.41, 5.74) is 2.11. The Labute approximate surface area is 207 Å². The lowest BCUT2D eigenvalue weighted by molar-refractivity contribution is -0.136. The van der Waals surface area contributed by atoms with Crippen molar-refractivity contribution < 1.29 is 17.7 Å². The number of rotatable bonds is 6. The van der Waals surface area contributed by atoms with Gasteiger partial charge in [0.15, 0.2) is 0 Å². The minimum absolute atomic E-state index is 0.0547. The molecule has 35 heavy (non-hydrogen) atoms. The summed E-state index contributed by atoms with van der Waals surface area (Å²) >= 11 is 0. The molecule has 2 aromatic carbocycles. The first kappa shape index (κ1) is 25.1. The van der Waals surface area contributed by atoms with Gasteiger partial charge in [-0.1, -0.05) is 68.4 Å². The van der Waals surface area contributed by atoms with Crippen LogP contribution < -0.4 is 0 Å². The number of sulfonamides is 1. The molecule has 0 radical (unpaired) electrons. The number of amides is 1. The van der Waals surface area contributed by atoms with Crippen LogP contribution in [-0.2, 0) is 26.8 Å². The van der Waals surface area contributed by atoms with Gasteiger partial charge in [-0.3, -0.25) is 4.79 Å². The predicted octanol–water partition coefficient (Wildman–Crippen LogP) is 4.09. The molecule has 0 aliphatic carbocycles. The van der Waals surface area contributed by atoms with Crippen molar-refractivity contribution in [1.82, 2.24) is 19.3 Å². The molecule has 186 valence electrons. The Morgan fingerprint density at radius 2 is 1.80 bits per heavy atom. The topological polar surface area (TPSA) is 96.6 Å². The standard InChI is InChI=1S/C26H32N4O4S/c1-26(2,3)21-14-12-19(13-15-21)24-27-23(34-28-24)18-29(4)25(31)20-9-8-16-30(17-20)35(32,33)22-10-6-5-7-11-22/h5-7,10-15,20H,8-9,16-18H2,1-4H3/t20-/m0/s1. The van der Waals surface area contributed by atoms with Crippen molar-refractivity contribution in [3.63, 3.8) is 0 Å². The number of hydrogen-bond acceptors (Lipinski definition) is 6. The van der Waals surface area contributed by atoms with Gasteiger partial charge in [0.1, 0.15) is 0 Å². The molecule has 1 aliphatic rings. The second-order valence-corrected chi connectivity index (χ2v) is 12.0. The van der Waals surface area contributed by atoms with Crippen LogP contribution in [0.25, 0.3) is 11.4 Å². The summed E-state index contributed by atoms with van der Waals surface area (Å²) in [6.07, 6.45) is 1.27. The zero-order valence-electron chi connectivity index (χ0n) is 20.6. The van der Waals surface area contributed by atoms with Gasteiger partial charge in [-0.2, -0.15) is 9.29 Å². The Hall–Kier alpha value is -3.04. The summed E-state index contributed by atoms with van der Waals surface area (Å²) in [6, 6.07) is 16.4. The number of carbonyl (C=O) groups excluding carboxylic acids is 1. The quantitative estimate of drug-likeness (QED) is 0.510. The molecule has 1 atom stereocenters. The zero-order valence-corrected chi connectivity index (χ0v) is 21.5. The minimum Gasteiger partial charge on any atom is -0.337 e. The molecule has 3 aromatic rings. The first-order chi connectivity index (χ1) is 16.6. The van der Waals surface area contributed by atoms with E-state index in [1.807, 2.05) is 12.1 Å². The summed E-state index contributed by atoms with van der Waals surface area (Å²) in [6.45, 7) is 7.20. The van der Waals surface area contributed by atoms with Crippen LogP contribution >= 0.6 is 0 Å². The number of piperidine rings is 1. The number of carbonyl (C=O) groups is 1. The third-order valence-electron chi connectivity index (χ3n) is 6.34. The number of benzene rings is 2. The van der Waals surface area contributed by atoms with Gasteiger partial charge in [-0.15, -0.1) is 0 Å². The number of hydrogen-bond donors (Lipinski definition) is 0. The van der Waals surface area contributed by atoms with E-state index in [-0.39, 0.29) is 29.3 Å². The SMILES string of the molecule is CN(Cc1nc(-c2ccc(C(C)(C)C)cc2)no1)C(=O)[C@H]1CCCN(S(=O)(=O)c2ccccc2)C1. The van der Waals surface area contributed by atoms with E-state index in [2.05, 4.69) is 43.0 Å². The van der Waals surface area contributed by atoms with Crippen LogP contribution in [0.1, 0.15) is 45.1 Å². The van der Waals surface area contributed by atoms with E-state index in [9.17, 15) is 13.2 Å². The average Bonchev–Trinajstić information content (AvgIpc) is 3.32. The lowest BCUT2D eigenvalue weighted by atomic mass is 9.87. The normalized spacial score (nSPS) is 17.3. The summed E-state index contributed by atoms with van der Waals surface area (Å²) in [5.74, 6) is 0.256. The Kier molecular flexibility index (Phi) is 7.10. The maximum Gasteiger partial charge on any atom is 0.246 e. The first-order valence-electron chi connectivity index (χ1n) is 11.8. The molecule has 0 saturated carbocycles. The minimum atomic E-state index is -3.63. The summed E-state index contributed by atoms with van der Waals surface area (Å²) in [4.78, 5) is 19.4. The Morgan fingerprint density at radius 1 is 1.11 bits per heavy atom. The lowest BCUT2D eigenvalue weighted by Crippen LogP contribution is -2.45. The monoisotopic (exact) mass is 496 g/mol. The molecule has 1 fully saturated rings. The van der Waals surface area contributed by atoms with Gasteiger partial charge in [0.2, 0.25) is 27.6 Å². The lowest BCUT2D eigenvalue weighted by Gasteiger charge is -2.33. The second-order valence-electron chi connectivity index (χ2n) is 10.0.